The average molecular weight is 354 g/mol. The summed E-state index contributed by atoms with van der Waals surface area (Å²) in [5.41, 5.74) is 2.54. The smallest absolute Gasteiger partial charge is 0.265 e. The molecule has 2 aromatic carbocycles. The quantitative estimate of drug-likeness (QED) is 0.843. The van der Waals surface area contributed by atoms with Crippen LogP contribution in [0.15, 0.2) is 41.3 Å². The lowest BCUT2D eigenvalue weighted by atomic mass is 10.0. The molecule has 0 bridgehead atoms. The molecule has 2 rings (SSSR count). The van der Waals surface area contributed by atoms with Crippen LogP contribution in [0, 0.1) is 0 Å². The Morgan fingerprint density at radius 3 is 2.22 bits per heavy atom. The van der Waals surface area contributed by atoms with E-state index in [4.69, 9.17) is 16.3 Å². The highest BCUT2D eigenvalue weighted by Crippen LogP contribution is 2.31. The largest absolute Gasteiger partial charge is 0.495 e. The molecule has 124 valence electrons. The number of hydrogen-bond donors (Lipinski definition) is 1. The molecule has 0 amide bonds. The Kier molecular flexibility index (Phi) is 5.55. The fourth-order valence-electron chi connectivity index (χ4n) is 2.42. The van der Waals surface area contributed by atoms with Crippen LogP contribution in [-0.4, -0.2) is 15.5 Å². The summed E-state index contributed by atoms with van der Waals surface area (Å²) in [6, 6.07) is 10.3. The zero-order valence-corrected chi connectivity index (χ0v) is 15.0. The summed E-state index contributed by atoms with van der Waals surface area (Å²) >= 11 is 5.95. The lowest BCUT2D eigenvalue weighted by Gasteiger charge is -2.17. The monoisotopic (exact) mass is 353 g/mol. The van der Waals surface area contributed by atoms with Crippen molar-refractivity contribution in [3.63, 3.8) is 0 Å². The van der Waals surface area contributed by atoms with Gasteiger partial charge in [-0.3, -0.25) is 4.72 Å². The Bertz CT molecular complexity index is 781. The van der Waals surface area contributed by atoms with Crippen LogP contribution in [-0.2, 0) is 22.9 Å². The first kappa shape index (κ1) is 17.6. The summed E-state index contributed by atoms with van der Waals surface area (Å²) < 4.78 is 33.5. The van der Waals surface area contributed by atoms with Gasteiger partial charge in [-0.15, -0.1) is 0 Å². The van der Waals surface area contributed by atoms with Crippen LogP contribution in [0.3, 0.4) is 0 Å². The van der Waals surface area contributed by atoms with Gasteiger partial charge in [0.15, 0.2) is 0 Å². The Hall–Kier alpha value is -1.72. The van der Waals surface area contributed by atoms with E-state index < -0.39 is 10.0 Å². The molecule has 23 heavy (non-hydrogen) atoms. The lowest BCUT2D eigenvalue weighted by Crippen LogP contribution is -2.16. The standard InChI is InChI=1S/C17H20ClNO3S/c1-4-12-7-6-8-13(5-2)17(12)19-23(20,21)16-11-14(18)9-10-15(16)22-3/h6-11,19H,4-5H2,1-3H3. The first-order chi connectivity index (χ1) is 10.9. The SMILES string of the molecule is CCc1cccc(CC)c1NS(=O)(=O)c1cc(Cl)ccc1OC. The van der Waals surface area contributed by atoms with Gasteiger partial charge in [0.1, 0.15) is 10.6 Å². The van der Waals surface area contributed by atoms with Gasteiger partial charge in [0, 0.05) is 5.02 Å². The van der Waals surface area contributed by atoms with Gasteiger partial charge < -0.3 is 4.74 Å². The van der Waals surface area contributed by atoms with Crippen molar-refractivity contribution in [1.82, 2.24) is 0 Å². The predicted molar refractivity (Wildman–Crippen MR) is 94.0 cm³/mol. The average Bonchev–Trinajstić information content (AvgIpc) is 2.54. The second-order valence-corrected chi connectivity index (χ2v) is 7.15. The van der Waals surface area contributed by atoms with Crippen LogP contribution in [0.5, 0.6) is 5.75 Å². The van der Waals surface area contributed by atoms with Gasteiger partial charge in [0.2, 0.25) is 0 Å². The molecule has 0 saturated carbocycles. The van der Waals surface area contributed by atoms with E-state index in [0.29, 0.717) is 10.7 Å². The summed E-state index contributed by atoms with van der Waals surface area (Å²) in [5, 5.41) is 0.339. The van der Waals surface area contributed by atoms with E-state index in [1.54, 1.807) is 12.1 Å². The highest BCUT2D eigenvalue weighted by atomic mass is 35.5. The van der Waals surface area contributed by atoms with Crippen molar-refractivity contribution < 1.29 is 13.2 Å². The molecule has 0 radical (unpaired) electrons. The van der Waals surface area contributed by atoms with Gasteiger partial charge >= 0.3 is 0 Å². The maximum atomic E-state index is 12.8. The number of aryl methyl sites for hydroxylation is 2. The van der Waals surface area contributed by atoms with E-state index >= 15 is 0 Å². The summed E-state index contributed by atoms with van der Waals surface area (Å²) in [5.74, 6) is 0.258. The van der Waals surface area contributed by atoms with Gasteiger partial charge in [0.05, 0.1) is 12.8 Å². The van der Waals surface area contributed by atoms with Gasteiger partial charge in [-0.25, -0.2) is 8.42 Å². The Morgan fingerprint density at radius 2 is 1.70 bits per heavy atom. The number of sulfonamides is 1. The van der Waals surface area contributed by atoms with Crippen molar-refractivity contribution in [3.8, 4) is 5.75 Å². The van der Waals surface area contributed by atoms with Crippen molar-refractivity contribution in [2.75, 3.05) is 11.8 Å². The van der Waals surface area contributed by atoms with E-state index in [0.717, 1.165) is 24.0 Å². The highest BCUT2D eigenvalue weighted by Gasteiger charge is 2.22. The molecule has 0 atom stereocenters. The Balaban J connectivity index is 2.54. The third-order valence-corrected chi connectivity index (χ3v) is 5.26. The number of hydrogen-bond acceptors (Lipinski definition) is 3. The van der Waals surface area contributed by atoms with Crippen LogP contribution < -0.4 is 9.46 Å². The highest BCUT2D eigenvalue weighted by molar-refractivity contribution is 7.92. The van der Waals surface area contributed by atoms with Gasteiger partial charge in [0.25, 0.3) is 10.0 Å². The number of benzene rings is 2. The number of rotatable bonds is 6. The first-order valence-corrected chi connectivity index (χ1v) is 9.26. The third-order valence-electron chi connectivity index (χ3n) is 3.65. The molecule has 6 heteroatoms. The van der Waals surface area contributed by atoms with Crippen LogP contribution in [0.1, 0.15) is 25.0 Å². The normalized spacial score (nSPS) is 11.3. The summed E-state index contributed by atoms with van der Waals surface area (Å²) in [6.07, 6.45) is 1.47. The molecule has 0 saturated heterocycles. The minimum atomic E-state index is -3.80. The van der Waals surface area contributed by atoms with Crippen LogP contribution in [0.4, 0.5) is 5.69 Å². The molecule has 0 unspecified atom stereocenters. The first-order valence-electron chi connectivity index (χ1n) is 7.40. The van der Waals surface area contributed by atoms with Crippen molar-refractivity contribution in [1.29, 1.82) is 0 Å². The number of para-hydroxylation sites is 1. The van der Waals surface area contributed by atoms with Crippen LogP contribution >= 0.6 is 11.6 Å². The number of halogens is 1. The van der Waals surface area contributed by atoms with Gasteiger partial charge in [-0.1, -0.05) is 43.6 Å². The minimum absolute atomic E-state index is 0.0282. The maximum absolute atomic E-state index is 12.8. The molecular formula is C17H20ClNO3S. The second kappa shape index (κ2) is 7.23. The molecule has 1 N–H and O–H groups in total. The minimum Gasteiger partial charge on any atom is -0.495 e. The fourth-order valence-corrected chi connectivity index (χ4v) is 4.00. The van der Waals surface area contributed by atoms with Crippen molar-refractivity contribution >= 4 is 27.3 Å². The lowest BCUT2D eigenvalue weighted by molar-refractivity contribution is 0.403. The van der Waals surface area contributed by atoms with Crippen LogP contribution in [0.2, 0.25) is 5.02 Å². The molecule has 0 spiro atoms. The third kappa shape index (κ3) is 3.79. The molecule has 0 aliphatic heterocycles. The summed E-state index contributed by atoms with van der Waals surface area (Å²) in [6.45, 7) is 3.99. The number of methoxy groups -OCH3 is 1. The molecule has 2 aromatic rings. The molecule has 0 aliphatic carbocycles. The Labute approximate surface area is 142 Å². The molecule has 4 nitrogen and oxygen atoms in total. The zero-order chi connectivity index (χ0) is 17.0. The fraction of sp³-hybridized carbons (Fsp3) is 0.294. The molecule has 0 fully saturated rings. The molecule has 0 aromatic heterocycles. The van der Waals surface area contributed by atoms with Crippen molar-refractivity contribution in [3.05, 3.63) is 52.5 Å². The van der Waals surface area contributed by atoms with Gasteiger partial charge in [-0.05, 0) is 42.2 Å². The maximum Gasteiger partial charge on any atom is 0.265 e. The van der Waals surface area contributed by atoms with E-state index in [1.165, 1.54) is 13.2 Å². The number of nitrogens with one attached hydrogen (secondary N) is 1. The zero-order valence-electron chi connectivity index (χ0n) is 13.4. The molecular weight excluding hydrogens is 334 g/mol. The Morgan fingerprint density at radius 1 is 1.09 bits per heavy atom. The number of anilines is 1. The second-order valence-electron chi connectivity index (χ2n) is 5.06. The van der Waals surface area contributed by atoms with Gasteiger partial charge in [-0.2, -0.15) is 0 Å². The van der Waals surface area contributed by atoms with Crippen molar-refractivity contribution in [2.45, 2.75) is 31.6 Å². The van der Waals surface area contributed by atoms with E-state index in [-0.39, 0.29) is 10.6 Å². The van der Waals surface area contributed by atoms with E-state index in [9.17, 15) is 8.42 Å². The van der Waals surface area contributed by atoms with Crippen LogP contribution in [0.25, 0.3) is 0 Å². The van der Waals surface area contributed by atoms with E-state index in [2.05, 4.69) is 4.72 Å². The summed E-state index contributed by atoms with van der Waals surface area (Å²) in [4.78, 5) is 0.0282. The predicted octanol–water partition coefficient (Wildman–Crippen LogP) is 4.27. The van der Waals surface area contributed by atoms with Crippen molar-refractivity contribution in [2.24, 2.45) is 0 Å². The topological polar surface area (TPSA) is 55.4 Å². The molecule has 0 aliphatic rings. The summed E-state index contributed by atoms with van der Waals surface area (Å²) in [7, 11) is -2.37. The number of ether oxygens (including phenoxy) is 1. The molecule has 0 heterocycles. The van der Waals surface area contributed by atoms with E-state index in [1.807, 2.05) is 32.0 Å².